The number of amides is 3. The van der Waals surface area contributed by atoms with Crippen molar-refractivity contribution in [3.63, 3.8) is 0 Å². The molecule has 2 aliphatic rings. The second kappa shape index (κ2) is 11.3. The normalized spacial score (nSPS) is 19.6. The highest BCUT2D eigenvalue weighted by atomic mass is 16.5. The average molecular weight is 354 g/mol. The number of carbonyl (C=O) groups is 2. The van der Waals surface area contributed by atoms with Gasteiger partial charge in [0, 0.05) is 45.3 Å². The molecule has 0 spiro atoms. The van der Waals surface area contributed by atoms with Crippen molar-refractivity contribution < 1.29 is 14.3 Å². The lowest BCUT2D eigenvalue weighted by atomic mass is 9.93. The third-order valence-electron chi connectivity index (χ3n) is 5.30. The molecule has 25 heavy (non-hydrogen) atoms. The van der Waals surface area contributed by atoms with Crippen LogP contribution in [0.1, 0.15) is 64.7 Å². The number of urea groups is 1. The summed E-state index contributed by atoms with van der Waals surface area (Å²) in [7, 11) is 0. The highest BCUT2D eigenvalue weighted by molar-refractivity contribution is 5.76. The van der Waals surface area contributed by atoms with Gasteiger partial charge in [-0.3, -0.25) is 4.79 Å². The Hall–Kier alpha value is -1.30. The van der Waals surface area contributed by atoms with E-state index in [0.717, 1.165) is 51.8 Å². The monoisotopic (exact) mass is 353 g/mol. The van der Waals surface area contributed by atoms with Gasteiger partial charge in [-0.25, -0.2) is 4.79 Å². The van der Waals surface area contributed by atoms with Crippen LogP contribution in [0, 0.1) is 5.92 Å². The largest absolute Gasteiger partial charge is 0.382 e. The zero-order valence-corrected chi connectivity index (χ0v) is 15.7. The van der Waals surface area contributed by atoms with Gasteiger partial charge in [-0.2, -0.15) is 0 Å². The number of likely N-dealkylation sites (tertiary alicyclic amines) is 1. The third-order valence-corrected chi connectivity index (χ3v) is 5.30. The fourth-order valence-corrected chi connectivity index (χ4v) is 3.73. The van der Waals surface area contributed by atoms with E-state index in [0.29, 0.717) is 31.5 Å². The van der Waals surface area contributed by atoms with Crippen LogP contribution in [-0.2, 0) is 9.53 Å². The van der Waals surface area contributed by atoms with E-state index in [1.165, 1.54) is 19.3 Å². The number of hydrogen-bond acceptors (Lipinski definition) is 3. The van der Waals surface area contributed by atoms with Gasteiger partial charge < -0.3 is 20.3 Å². The fraction of sp³-hybridized carbons (Fsp3) is 0.895. The van der Waals surface area contributed by atoms with Crippen molar-refractivity contribution in [1.29, 1.82) is 0 Å². The number of hydrogen-bond donors (Lipinski definition) is 2. The Balaban J connectivity index is 1.57. The molecule has 1 saturated heterocycles. The Morgan fingerprint density at radius 2 is 1.80 bits per heavy atom. The second-order valence-corrected chi connectivity index (χ2v) is 7.32. The molecule has 0 atom stereocenters. The molecule has 2 N–H and O–H groups in total. The molecule has 3 amide bonds. The molecular formula is C19H35N3O3. The molecular weight excluding hydrogens is 318 g/mol. The van der Waals surface area contributed by atoms with Crippen LogP contribution in [-0.4, -0.2) is 55.7 Å². The first kappa shape index (κ1) is 20.0. The smallest absolute Gasteiger partial charge is 0.317 e. The van der Waals surface area contributed by atoms with Gasteiger partial charge in [-0.1, -0.05) is 19.3 Å². The number of piperidine rings is 1. The Morgan fingerprint density at radius 1 is 1.08 bits per heavy atom. The Labute approximate surface area is 152 Å². The molecule has 1 saturated carbocycles. The summed E-state index contributed by atoms with van der Waals surface area (Å²) in [6.45, 7) is 5.61. The van der Waals surface area contributed by atoms with E-state index >= 15 is 0 Å². The van der Waals surface area contributed by atoms with Gasteiger partial charge in [0.2, 0.25) is 5.91 Å². The van der Waals surface area contributed by atoms with Gasteiger partial charge in [0.05, 0.1) is 0 Å². The average Bonchev–Trinajstić information content (AvgIpc) is 2.63. The van der Waals surface area contributed by atoms with Crippen LogP contribution in [0.15, 0.2) is 0 Å². The number of rotatable bonds is 8. The minimum atomic E-state index is 0.0886. The molecule has 2 fully saturated rings. The van der Waals surface area contributed by atoms with Crippen molar-refractivity contribution in [1.82, 2.24) is 15.5 Å². The van der Waals surface area contributed by atoms with Crippen LogP contribution in [0.5, 0.6) is 0 Å². The summed E-state index contributed by atoms with van der Waals surface area (Å²) >= 11 is 0. The molecule has 0 bridgehead atoms. The molecule has 6 nitrogen and oxygen atoms in total. The van der Waals surface area contributed by atoms with Crippen LogP contribution in [0.25, 0.3) is 0 Å². The molecule has 144 valence electrons. The molecule has 0 aromatic rings. The van der Waals surface area contributed by atoms with E-state index in [2.05, 4.69) is 10.6 Å². The zero-order valence-electron chi connectivity index (χ0n) is 15.7. The molecule has 0 unspecified atom stereocenters. The minimum Gasteiger partial charge on any atom is -0.382 e. The maximum absolute atomic E-state index is 12.3. The molecule has 6 heteroatoms. The van der Waals surface area contributed by atoms with Gasteiger partial charge in [0.25, 0.3) is 0 Å². The number of nitrogens with one attached hydrogen (secondary N) is 2. The Bertz CT molecular complexity index is 403. The number of ether oxygens (including phenoxy) is 1. The lowest BCUT2D eigenvalue weighted by Gasteiger charge is -2.33. The van der Waals surface area contributed by atoms with Crippen LogP contribution in [0.4, 0.5) is 4.79 Å². The van der Waals surface area contributed by atoms with Crippen molar-refractivity contribution in [2.75, 3.05) is 32.8 Å². The second-order valence-electron chi connectivity index (χ2n) is 7.32. The third kappa shape index (κ3) is 7.63. The Kier molecular flexibility index (Phi) is 9.08. The summed E-state index contributed by atoms with van der Waals surface area (Å²) in [5, 5.41) is 6.15. The van der Waals surface area contributed by atoms with Crippen molar-refractivity contribution in [2.45, 2.75) is 70.8 Å². The first-order chi connectivity index (χ1) is 12.2. The molecule has 0 aromatic carbocycles. The van der Waals surface area contributed by atoms with Gasteiger partial charge >= 0.3 is 6.03 Å². The van der Waals surface area contributed by atoms with E-state index in [-0.39, 0.29) is 11.9 Å². The van der Waals surface area contributed by atoms with Gasteiger partial charge in [0.1, 0.15) is 0 Å². The van der Waals surface area contributed by atoms with Crippen molar-refractivity contribution >= 4 is 11.9 Å². The number of nitrogens with zero attached hydrogens (tertiary/aromatic N) is 1. The summed E-state index contributed by atoms with van der Waals surface area (Å²) in [6.07, 6.45) is 9.27. The number of carbonyl (C=O) groups excluding carboxylic acids is 2. The highest BCUT2D eigenvalue weighted by Crippen LogP contribution is 2.22. The quantitative estimate of drug-likeness (QED) is 0.659. The highest BCUT2D eigenvalue weighted by Gasteiger charge is 2.26. The van der Waals surface area contributed by atoms with E-state index in [1.54, 1.807) is 0 Å². The van der Waals surface area contributed by atoms with E-state index in [1.807, 2.05) is 11.8 Å². The first-order valence-electron chi connectivity index (χ1n) is 10.1. The molecule has 2 rings (SSSR count). The van der Waals surface area contributed by atoms with Crippen LogP contribution >= 0.6 is 0 Å². The Morgan fingerprint density at radius 3 is 2.48 bits per heavy atom. The lowest BCUT2D eigenvalue weighted by Crippen LogP contribution is -2.48. The molecule has 0 radical (unpaired) electrons. The maximum Gasteiger partial charge on any atom is 0.317 e. The lowest BCUT2D eigenvalue weighted by molar-refractivity contribution is -0.122. The van der Waals surface area contributed by atoms with Crippen molar-refractivity contribution in [3.05, 3.63) is 0 Å². The predicted octanol–water partition coefficient (Wildman–Crippen LogP) is 2.67. The summed E-state index contributed by atoms with van der Waals surface area (Å²) in [5.74, 6) is 0.521. The van der Waals surface area contributed by atoms with Gasteiger partial charge in [0.15, 0.2) is 0 Å². The molecule has 1 heterocycles. The molecule has 0 aromatic heterocycles. The topological polar surface area (TPSA) is 70.7 Å². The summed E-state index contributed by atoms with van der Waals surface area (Å²) in [5.41, 5.74) is 0. The van der Waals surface area contributed by atoms with E-state index < -0.39 is 0 Å². The zero-order chi connectivity index (χ0) is 17.9. The predicted molar refractivity (Wildman–Crippen MR) is 98.4 cm³/mol. The van der Waals surface area contributed by atoms with Crippen molar-refractivity contribution in [3.8, 4) is 0 Å². The maximum atomic E-state index is 12.3. The summed E-state index contributed by atoms with van der Waals surface area (Å²) in [4.78, 5) is 26.2. The van der Waals surface area contributed by atoms with Gasteiger partial charge in [-0.05, 0) is 44.9 Å². The standard InChI is InChI=1S/C19H35N3O3/c1-2-25-14-6-11-20-18(23)15-16-9-12-22(13-10-16)19(24)21-17-7-4-3-5-8-17/h16-17H,2-15H2,1H3,(H,20,23)(H,21,24). The van der Waals surface area contributed by atoms with E-state index in [9.17, 15) is 9.59 Å². The molecule has 1 aliphatic heterocycles. The minimum absolute atomic E-state index is 0.0886. The van der Waals surface area contributed by atoms with Crippen LogP contribution < -0.4 is 10.6 Å². The molecule has 1 aliphatic carbocycles. The van der Waals surface area contributed by atoms with Gasteiger partial charge in [-0.15, -0.1) is 0 Å². The summed E-state index contributed by atoms with van der Waals surface area (Å²) in [6, 6.07) is 0.451. The van der Waals surface area contributed by atoms with Crippen LogP contribution in [0.2, 0.25) is 0 Å². The van der Waals surface area contributed by atoms with Crippen molar-refractivity contribution in [2.24, 2.45) is 5.92 Å². The van der Waals surface area contributed by atoms with E-state index in [4.69, 9.17) is 4.74 Å². The first-order valence-corrected chi connectivity index (χ1v) is 10.1. The fourth-order valence-electron chi connectivity index (χ4n) is 3.73. The van der Waals surface area contributed by atoms with Crippen LogP contribution in [0.3, 0.4) is 0 Å². The SMILES string of the molecule is CCOCCCNC(=O)CC1CCN(C(=O)NC2CCCCC2)CC1. The summed E-state index contributed by atoms with van der Waals surface area (Å²) < 4.78 is 5.26.